The third kappa shape index (κ3) is 1.60. The van der Waals surface area contributed by atoms with Crippen LogP contribution in [0.3, 0.4) is 0 Å². The van der Waals surface area contributed by atoms with Crippen LogP contribution in [0.2, 0.25) is 0 Å². The highest BCUT2D eigenvalue weighted by atomic mass is 15.2. The molecular formula is C16H16N2. The number of hydrogen-bond acceptors (Lipinski definition) is 2. The van der Waals surface area contributed by atoms with Gasteiger partial charge in [0.25, 0.3) is 0 Å². The third-order valence-corrected chi connectivity index (χ3v) is 3.99. The van der Waals surface area contributed by atoms with Crippen LogP contribution in [0.25, 0.3) is 11.1 Å². The van der Waals surface area contributed by atoms with Crippen LogP contribution in [0.5, 0.6) is 0 Å². The number of rotatable bonds is 2. The molecule has 1 aliphatic heterocycles. The van der Waals surface area contributed by atoms with Gasteiger partial charge < -0.3 is 4.90 Å². The lowest BCUT2D eigenvalue weighted by Gasteiger charge is -2.18. The van der Waals surface area contributed by atoms with Gasteiger partial charge in [0, 0.05) is 30.7 Å². The molecule has 4 rings (SSSR count). The Morgan fingerprint density at radius 3 is 2.83 bits per heavy atom. The molecule has 0 radical (unpaired) electrons. The van der Waals surface area contributed by atoms with E-state index in [0.717, 1.165) is 6.04 Å². The van der Waals surface area contributed by atoms with E-state index in [4.69, 9.17) is 0 Å². The second-order valence-corrected chi connectivity index (χ2v) is 5.26. The van der Waals surface area contributed by atoms with Gasteiger partial charge in [-0.25, -0.2) is 0 Å². The van der Waals surface area contributed by atoms with E-state index in [2.05, 4.69) is 34.1 Å². The Morgan fingerprint density at radius 2 is 2.06 bits per heavy atom. The first kappa shape index (κ1) is 10.1. The zero-order chi connectivity index (χ0) is 11.9. The van der Waals surface area contributed by atoms with Gasteiger partial charge in [0.05, 0.1) is 0 Å². The number of pyridine rings is 1. The maximum Gasteiger partial charge on any atom is 0.0402 e. The molecule has 2 heteroatoms. The molecule has 2 aliphatic rings. The topological polar surface area (TPSA) is 16.1 Å². The summed E-state index contributed by atoms with van der Waals surface area (Å²) in [5.41, 5.74) is 5.47. The molecule has 0 unspecified atom stereocenters. The Kier molecular flexibility index (Phi) is 2.16. The van der Waals surface area contributed by atoms with Crippen LogP contribution >= 0.6 is 0 Å². The summed E-state index contributed by atoms with van der Waals surface area (Å²) in [4.78, 5) is 6.78. The lowest BCUT2D eigenvalue weighted by Crippen LogP contribution is -2.22. The van der Waals surface area contributed by atoms with Crippen molar-refractivity contribution in [3.8, 4) is 11.1 Å². The van der Waals surface area contributed by atoms with Crippen molar-refractivity contribution in [2.75, 3.05) is 11.4 Å². The van der Waals surface area contributed by atoms with E-state index in [-0.39, 0.29) is 0 Å². The van der Waals surface area contributed by atoms with Crippen molar-refractivity contribution in [3.63, 3.8) is 0 Å². The minimum atomic E-state index is 0.829. The van der Waals surface area contributed by atoms with Crippen molar-refractivity contribution in [2.24, 2.45) is 0 Å². The molecule has 0 atom stereocenters. The molecule has 90 valence electrons. The Hall–Kier alpha value is -1.83. The second kappa shape index (κ2) is 3.84. The molecule has 1 aliphatic carbocycles. The van der Waals surface area contributed by atoms with Gasteiger partial charge in [-0.05, 0) is 54.2 Å². The molecular weight excluding hydrogens is 220 g/mol. The van der Waals surface area contributed by atoms with Crippen molar-refractivity contribution in [1.29, 1.82) is 0 Å². The summed E-state index contributed by atoms with van der Waals surface area (Å²) in [6.45, 7) is 1.20. The molecule has 0 spiro atoms. The average Bonchev–Trinajstić information content (AvgIpc) is 3.19. The monoisotopic (exact) mass is 236 g/mol. The number of fused-ring (bicyclic) bond motifs is 1. The predicted octanol–water partition coefficient (Wildman–Crippen LogP) is 3.27. The van der Waals surface area contributed by atoms with Gasteiger partial charge >= 0.3 is 0 Å². The van der Waals surface area contributed by atoms with Crippen molar-refractivity contribution >= 4 is 5.69 Å². The summed E-state index contributed by atoms with van der Waals surface area (Å²) in [6.07, 6.45) is 7.72. The Morgan fingerprint density at radius 1 is 1.11 bits per heavy atom. The minimum absolute atomic E-state index is 0.829. The van der Waals surface area contributed by atoms with Gasteiger partial charge in [0.2, 0.25) is 0 Å². The van der Waals surface area contributed by atoms with Crippen LogP contribution in [-0.2, 0) is 6.42 Å². The number of aromatic nitrogens is 1. The van der Waals surface area contributed by atoms with Crippen LogP contribution in [0, 0.1) is 0 Å². The van der Waals surface area contributed by atoms with Gasteiger partial charge in [-0.2, -0.15) is 0 Å². The first-order chi connectivity index (χ1) is 8.92. The van der Waals surface area contributed by atoms with Gasteiger partial charge in [0.15, 0.2) is 0 Å². The Balaban J connectivity index is 1.73. The number of hydrogen-bond donors (Lipinski definition) is 0. The fourth-order valence-electron chi connectivity index (χ4n) is 2.91. The SMILES string of the molecule is c1cncc(-c2ccc3c(c2)CCN3C2CC2)c1. The molecule has 0 bridgehead atoms. The highest BCUT2D eigenvalue weighted by Gasteiger charge is 2.33. The van der Waals surface area contributed by atoms with E-state index in [1.54, 1.807) is 0 Å². The second-order valence-electron chi connectivity index (χ2n) is 5.26. The quantitative estimate of drug-likeness (QED) is 0.795. The summed E-state index contributed by atoms with van der Waals surface area (Å²) >= 11 is 0. The van der Waals surface area contributed by atoms with E-state index in [9.17, 15) is 0 Å². The number of anilines is 1. The summed E-state index contributed by atoms with van der Waals surface area (Å²) in [5, 5.41) is 0. The molecule has 2 heterocycles. The first-order valence-corrected chi connectivity index (χ1v) is 6.72. The molecule has 2 aromatic rings. The summed E-state index contributed by atoms with van der Waals surface area (Å²) in [5.74, 6) is 0. The van der Waals surface area contributed by atoms with Crippen molar-refractivity contribution in [1.82, 2.24) is 4.98 Å². The van der Waals surface area contributed by atoms with Gasteiger partial charge in [-0.1, -0.05) is 12.1 Å². The van der Waals surface area contributed by atoms with Crippen LogP contribution in [0.4, 0.5) is 5.69 Å². The maximum atomic E-state index is 4.20. The summed E-state index contributed by atoms with van der Waals surface area (Å²) in [7, 11) is 0. The molecule has 0 saturated heterocycles. The highest BCUT2D eigenvalue weighted by molar-refractivity contribution is 5.70. The molecule has 0 amide bonds. The fourth-order valence-corrected chi connectivity index (χ4v) is 2.91. The Labute approximate surface area is 107 Å². The first-order valence-electron chi connectivity index (χ1n) is 6.72. The van der Waals surface area contributed by atoms with Crippen molar-refractivity contribution < 1.29 is 0 Å². The lowest BCUT2D eigenvalue weighted by molar-refractivity contribution is 0.831. The zero-order valence-corrected chi connectivity index (χ0v) is 10.3. The molecule has 18 heavy (non-hydrogen) atoms. The van der Waals surface area contributed by atoms with E-state index >= 15 is 0 Å². The molecule has 0 N–H and O–H groups in total. The van der Waals surface area contributed by atoms with Crippen molar-refractivity contribution in [3.05, 3.63) is 48.3 Å². The predicted molar refractivity (Wildman–Crippen MR) is 73.7 cm³/mol. The normalized spacial score (nSPS) is 17.9. The minimum Gasteiger partial charge on any atom is -0.368 e. The van der Waals surface area contributed by atoms with E-state index < -0.39 is 0 Å². The summed E-state index contributed by atoms with van der Waals surface area (Å²) in [6, 6.07) is 11.8. The van der Waals surface area contributed by atoms with E-state index in [0.29, 0.717) is 0 Å². The lowest BCUT2D eigenvalue weighted by atomic mass is 10.0. The Bertz CT molecular complexity index is 573. The molecule has 1 fully saturated rings. The molecule has 2 nitrogen and oxygen atoms in total. The van der Waals surface area contributed by atoms with Crippen LogP contribution in [-0.4, -0.2) is 17.6 Å². The fraction of sp³-hybridized carbons (Fsp3) is 0.312. The average molecular weight is 236 g/mol. The molecule has 1 aromatic heterocycles. The van der Waals surface area contributed by atoms with Crippen LogP contribution < -0.4 is 4.90 Å². The smallest absolute Gasteiger partial charge is 0.0402 e. The van der Waals surface area contributed by atoms with Crippen molar-refractivity contribution in [2.45, 2.75) is 25.3 Å². The summed E-state index contributed by atoms with van der Waals surface area (Å²) < 4.78 is 0. The van der Waals surface area contributed by atoms with Gasteiger partial charge in [-0.15, -0.1) is 0 Å². The molecule has 1 saturated carbocycles. The number of nitrogens with zero attached hydrogens (tertiary/aromatic N) is 2. The van der Waals surface area contributed by atoms with Crippen LogP contribution in [0.15, 0.2) is 42.7 Å². The van der Waals surface area contributed by atoms with E-state index in [1.807, 2.05) is 18.5 Å². The highest BCUT2D eigenvalue weighted by Crippen LogP contribution is 2.39. The van der Waals surface area contributed by atoms with Crippen LogP contribution in [0.1, 0.15) is 18.4 Å². The number of benzene rings is 1. The standard InChI is InChI=1S/C16H16N2/c1-2-14(11-17-8-1)12-3-6-16-13(10-12)7-9-18(16)15-4-5-15/h1-3,6,8,10-11,15H,4-5,7,9H2. The van der Waals surface area contributed by atoms with Gasteiger partial charge in [0.1, 0.15) is 0 Å². The third-order valence-electron chi connectivity index (χ3n) is 3.99. The largest absolute Gasteiger partial charge is 0.368 e. The van der Waals surface area contributed by atoms with Gasteiger partial charge in [-0.3, -0.25) is 4.98 Å². The van der Waals surface area contributed by atoms with E-state index in [1.165, 1.54) is 48.2 Å². The molecule has 1 aromatic carbocycles. The zero-order valence-electron chi connectivity index (χ0n) is 10.3. The maximum absolute atomic E-state index is 4.20.